The van der Waals surface area contributed by atoms with Gasteiger partial charge in [-0.25, -0.2) is 0 Å². The molecule has 0 atom stereocenters. The number of fused-ring (bicyclic) bond motifs is 1. The Morgan fingerprint density at radius 2 is 1.84 bits per heavy atom. The number of nitrogens with one attached hydrogen (secondary N) is 3. The van der Waals surface area contributed by atoms with Crippen molar-refractivity contribution in [3.63, 3.8) is 0 Å². The third kappa shape index (κ3) is 4.62. The summed E-state index contributed by atoms with van der Waals surface area (Å²) in [4.78, 5) is 11.8. The van der Waals surface area contributed by atoms with E-state index in [9.17, 15) is 0 Å². The lowest BCUT2D eigenvalue weighted by molar-refractivity contribution is 0.122. The van der Waals surface area contributed by atoms with Gasteiger partial charge in [-0.1, -0.05) is 0 Å². The Hall–Kier alpha value is -2.56. The van der Waals surface area contributed by atoms with E-state index in [1.807, 2.05) is 6.26 Å². The number of nitrogens with two attached hydrogens (primary N) is 1. The summed E-state index contributed by atoms with van der Waals surface area (Å²) < 4.78 is 5.45. The van der Waals surface area contributed by atoms with Gasteiger partial charge in [-0.05, 0) is 56.2 Å². The molecule has 3 aromatic rings. The molecule has 5 rings (SSSR count). The molecule has 2 aliphatic rings. The standard InChI is InChI=1S/C22H30N8OS/c1-32-21-18-19(24-15-4-2-14(23)3-5-15)26-22(27-20(18)28-29-21)25-16-6-8-17(9-7-16)30-10-12-31-13-11-30/h6-9,14-15H,2-5,10-13,23H2,1H3,(H3,24,25,26,27,28,29). The second kappa shape index (κ2) is 9.51. The van der Waals surface area contributed by atoms with Crippen LogP contribution in [0.25, 0.3) is 11.0 Å². The topological polar surface area (TPSA) is 117 Å². The molecule has 10 heteroatoms. The lowest BCUT2D eigenvalue weighted by Crippen LogP contribution is -2.36. The van der Waals surface area contributed by atoms with Crippen LogP contribution in [0.4, 0.5) is 23.1 Å². The number of nitrogens with zero attached hydrogens (tertiary/aromatic N) is 4. The molecule has 1 aliphatic carbocycles. The molecular weight excluding hydrogens is 424 g/mol. The minimum Gasteiger partial charge on any atom is -0.378 e. The molecule has 0 bridgehead atoms. The molecule has 9 nitrogen and oxygen atoms in total. The molecule has 2 aromatic heterocycles. The maximum atomic E-state index is 6.09. The molecule has 5 N–H and O–H groups in total. The van der Waals surface area contributed by atoms with Crippen molar-refractivity contribution in [1.82, 2.24) is 20.2 Å². The minimum atomic E-state index is 0.312. The van der Waals surface area contributed by atoms with Crippen molar-refractivity contribution in [2.75, 3.05) is 48.1 Å². The van der Waals surface area contributed by atoms with Gasteiger partial charge in [0.15, 0.2) is 5.65 Å². The van der Waals surface area contributed by atoms with E-state index in [4.69, 9.17) is 15.5 Å². The molecule has 0 amide bonds. The number of aromatic nitrogens is 4. The maximum absolute atomic E-state index is 6.09. The Balaban J connectivity index is 1.37. The van der Waals surface area contributed by atoms with Crippen LogP contribution < -0.4 is 21.3 Å². The second-order valence-corrected chi connectivity index (χ2v) is 9.17. The molecule has 2 fully saturated rings. The van der Waals surface area contributed by atoms with Crippen LogP contribution >= 0.6 is 11.8 Å². The smallest absolute Gasteiger partial charge is 0.231 e. The predicted molar refractivity (Wildman–Crippen MR) is 130 cm³/mol. The molecule has 32 heavy (non-hydrogen) atoms. The van der Waals surface area contributed by atoms with E-state index in [-0.39, 0.29) is 0 Å². The zero-order valence-electron chi connectivity index (χ0n) is 18.3. The highest BCUT2D eigenvalue weighted by Crippen LogP contribution is 2.32. The fraction of sp³-hybridized carbons (Fsp3) is 0.500. The van der Waals surface area contributed by atoms with Gasteiger partial charge in [-0.3, -0.25) is 5.10 Å². The van der Waals surface area contributed by atoms with Crippen LogP contribution in [0.15, 0.2) is 29.3 Å². The number of morpholine rings is 1. The maximum Gasteiger partial charge on any atom is 0.231 e. The van der Waals surface area contributed by atoms with Gasteiger partial charge >= 0.3 is 0 Å². The number of rotatable bonds is 6. The first-order chi connectivity index (χ1) is 15.7. The highest BCUT2D eigenvalue weighted by atomic mass is 32.2. The summed E-state index contributed by atoms with van der Waals surface area (Å²) >= 11 is 1.59. The fourth-order valence-electron chi connectivity index (χ4n) is 4.38. The summed E-state index contributed by atoms with van der Waals surface area (Å²) in [6.45, 7) is 3.40. The van der Waals surface area contributed by atoms with Gasteiger partial charge in [0.05, 0.1) is 18.6 Å². The predicted octanol–water partition coefficient (Wildman–Crippen LogP) is 3.34. The number of thioether (sulfide) groups is 1. The van der Waals surface area contributed by atoms with E-state index in [0.717, 1.165) is 79.6 Å². The second-order valence-electron chi connectivity index (χ2n) is 8.38. The third-order valence-electron chi connectivity index (χ3n) is 6.19. The SMILES string of the molecule is CSc1n[nH]c2nc(Nc3ccc(N4CCOCC4)cc3)nc(NC3CCC(N)CC3)c12. The third-order valence-corrected chi connectivity index (χ3v) is 6.87. The van der Waals surface area contributed by atoms with Crippen molar-refractivity contribution in [3.05, 3.63) is 24.3 Å². The number of benzene rings is 1. The number of aromatic amines is 1. The van der Waals surface area contributed by atoms with Crippen LogP contribution in [0.3, 0.4) is 0 Å². The molecule has 1 saturated heterocycles. The molecule has 1 saturated carbocycles. The highest BCUT2D eigenvalue weighted by Gasteiger charge is 2.22. The van der Waals surface area contributed by atoms with Crippen molar-refractivity contribution in [2.24, 2.45) is 5.73 Å². The Morgan fingerprint density at radius 3 is 2.56 bits per heavy atom. The van der Waals surface area contributed by atoms with Crippen molar-refractivity contribution in [3.8, 4) is 0 Å². The Morgan fingerprint density at radius 1 is 1.09 bits per heavy atom. The van der Waals surface area contributed by atoms with Gasteiger partial charge in [0.2, 0.25) is 5.95 Å². The van der Waals surface area contributed by atoms with Crippen LogP contribution in [0.2, 0.25) is 0 Å². The van der Waals surface area contributed by atoms with E-state index in [1.54, 1.807) is 11.8 Å². The summed E-state index contributed by atoms with van der Waals surface area (Å²) in [5.74, 6) is 1.36. The van der Waals surface area contributed by atoms with Crippen LogP contribution in [0.1, 0.15) is 25.7 Å². The number of H-pyrrole nitrogens is 1. The average Bonchev–Trinajstić information content (AvgIpc) is 3.25. The summed E-state index contributed by atoms with van der Waals surface area (Å²) in [5, 5.41) is 16.3. The molecular formula is C22H30N8OS. The Kier molecular flexibility index (Phi) is 6.33. The van der Waals surface area contributed by atoms with Crippen LogP contribution in [-0.4, -0.2) is 64.8 Å². The number of hydrogen-bond acceptors (Lipinski definition) is 9. The molecule has 0 unspecified atom stereocenters. The van der Waals surface area contributed by atoms with E-state index >= 15 is 0 Å². The first kappa shape index (κ1) is 21.3. The molecule has 1 aliphatic heterocycles. The average molecular weight is 455 g/mol. The quantitative estimate of drug-likeness (QED) is 0.416. The van der Waals surface area contributed by atoms with E-state index in [1.165, 1.54) is 5.69 Å². The van der Waals surface area contributed by atoms with E-state index in [0.29, 0.717) is 18.0 Å². The Bertz CT molecular complexity index is 1040. The molecule has 0 spiro atoms. The van der Waals surface area contributed by atoms with E-state index < -0.39 is 0 Å². The molecule has 1 aromatic carbocycles. The number of hydrogen-bond donors (Lipinski definition) is 4. The Labute approximate surface area is 191 Å². The first-order valence-electron chi connectivity index (χ1n) is 11.2. The number of ether oxygens (including phenoxy) is 1. The first-order valence-corrected chi connectivity index (χ1v) is 12.4. The van der Waals surface area contributed by atoms with Crippen molar-refractivity contribution in [2.45, 2.75) is 42.8 Å². The van der Waals surface area contributed by atoms with Gasteiger partial charge < -0.3 is 26.0 Å². The van der Waals surface area contributed by atoms with E-state index in [2.05, 4.69) is 55.0 Å². The summed E-state index contributed by atoms with van der Waals surface area (Å²) in [6, 6.07) is 9.05. The van der Waals surface area contributed by atoms with Crippen LogP contribution in [0, 0.1) is 0 Å². The van der Waals surface area contributed by atoms with Gasteiger partial charge in [0.25, 0.3) is 0 Å². The summed E-state index contributed by atoms with van der Waals surface area (Å²) in [6.07, 6.45) is 6.18. The summed E-state index contributed by atoms with van der Waals surface area (Å²) in [7, 11) is 0. The van der Waals surface area contributed by atoms with Crippen molar-refractivity contribution in [1.29, 1.82) is 0 Å². The van der Waals surface area contributed by atoms with Gasteiger partial charge in [-0.15, -0.1) is 11.8 Å². The van der Waals surface area contributed by atoms with Gasteiger partial charge in [0.1, 0.15) is 10.8 Å². The van der Waals surface area contributed by atoms with Crippen LogP contribution in [0.5, 0.6) is 0 Å². The molecule has 0 radical (unpaired) electrons. The lowest BCUT2D eigenvalue weighted by Gasteiger charge is -2.29. The fourth-order valence-corrected chi connectivity index (χ4v) is 4.91. The molecule has 170 valence electrons. The highest BCUT2D eigenvalue weighted by molar-refractivity contribution is 7.98. The zero-order valence-corrected chi connectivity index (χ0v) is 19.1. The van der Waals surface area contributed by atoms with Gasteiger partial charge in [-0.2, -0.15) is 15.1 Å². The summed E-state index contributed by atoms with van der Waals surface area (Å²) in [5.41, 5.74) is 8.96. The normalized spacial score (nSPS) is 21.6. The minimum absolute atomic E-state index is 0.312. The lowest BCUT2D eigenvalue weighted by atomic mass is 9.92. The zero-order chi connectivity index (χ0) is 21.9. The van der Waals surface area contributed by atoms with Gasteiger partial charge in [0, 0.05) is 36.5 Å². The van der Waals surface area contributed by atoms with Crippen molar-refractivity contribution < 1.29 is 4.74 Å². The number of anilines is 4. The molecule has 3 heterocycles. The van der Waals surface area contributed by atoms with Crippen LogP contribution in [-0.2, 0) is 4.74 Å². The monoisotopic (exact) mass is 454 g/mol. The van der Waals surface area contributed by atoms with Crippen molar-refractivity contribution >= 4 is 45.9 Å². The largest absolute Gasteiger partial charge is 0.378 e.